The van der Waals surface area contributed by atoms with Crippen molar-refractivity contribution in [2.24, 2.45) is 0 Å². The molecule has 0 saturated carbocycles. The summed E-state index contributed by atoms with van der Waals surface area (Å²) in [5, 5.41) is -1.24. The molecule has 88 valence electrons. The van der Waals surface area contributed by atoms with Gasteiger partial charge >= 0.3 is 10.2 Å². The first kappa shape index (κ1) is 11.1. The Labute approximate surface area is 91.7 Å². The average molecular weight is 247 g/mol. The van der Waals surface area contributed by atoms with Gasteiger partial charge in [0, 0.05) is 25.4 Å². The van der Waals surface area contributed by atoms with Gasteiger partial charge in [0.2, 0.25) is 5.91 Å². The summed E-state index contributed by atoms with van der Waals surface area (Å²) < 4.78 is 34.0. The minimum absolute atomic E-state index is 0.113. The van der Waals surface area contributed by atoms with Crippen LogP contribution >= 0.6 is 0 Å². The van der Waals surface area contributed by atoms with Gasteiger partial charge in [0.25, 0.3) is 0 Å². The van der Waals surface area contributed by atoms with E-state index in [2.05, 4.69) is 9.97 Å². The second-order valence-electron chi connectivity index (χ2n) is 3.61. The van der Waals surface area contributed by atoms with Crippen molar-refractivity contribution < 1.29 is 17.1 Å². The predicted octanol–water partition coefficient (Wildman–Crippen LogP) is -0.190. The van der Waals surface area contributed by atoms with Crippen molar-refractivity contribution in [2.45, 2.75) is 18.2 Å². The molecule has 1 aliphatic heterocycles. The number of aromatic nitrogens is 2. The van der Waals surface area contributed by atoms with E-state index in [0.717, 1.165) is 0 Å². The van der Waals surface area contributed by atoms with Gasteiger partial charge in [-0.05, 0) is 0 Å². The number of hydrogen-bond donors (Lipinski definition) is 1. The van der Waals surface area contributed by atoms with Gasteiger partial charge in [0.1, 0.15) is 11.1 Å². The summed E-state index contributed by atoms with van der Waals surface area (Å²) >= 11 is 0. The quantitative estimate of drug-likeness (QED) is 0.750. The number of amides is 1. The number of carbonyl (C=O) groups excluding carboxylic acids is 1. The van der Waals surface area contributed by atoms with Gasteiger partial charge in [-0.1, -0.05) is 0 Å². The van der Waals surface area contributed by atoms with Crippen molar-refractivity contribution in [1.82, 2.24) is 14.9 Å². The SMILES string of the molecule is O=C1CC(S(=O)(=O)F)CN1Cc1ncc[nH]1. The van der Waals surface area contributed by atoms with Crippen LogP contribution in [0.3, 0.4) is 0 Å². The summed E-state index contributed by atoms with van der Waals surface area (Å²) in [5.41, 5.74) is 0. The molecule has 1 N–H and O–H groups in total. The van der Waals surface area contributed by atoms with Crippen LogP contribution in [0.5, 0.6) is 0 Å². The molecular formula is C8H10FN3O3S. The van der Waals surface area contributed by atoms with Crippen LogP contribution in [0.15, 0.2) is 12.4 Å². The standard InChI is InChI=1S/C8H10FN3O3S/c9-16(14,15)6-3-8(13)12(4-6)5-7-10-1-2-11-7/h1-2,6H,3-5H2,(H,10,11). The Balaban J connectivity index is 2.06. The molecule has 1 unspecified atom stereocenters. The minimum atomic E-state index is -4.64. The topological polar surface area (TPSA) is 83.1 Å². The summed E-state index contributed by atoms with van der Waals surface area (Å²) in [6.45, 7) is 0.0657. The van der Waals surface area contributed by atoms with Crippen LogP contribution in [0.2, 0.25) is 0 Å². The van der Waals surface area contributed by atoms with Crippen LogP contribution in [-0.4, -0.2) is 41.0 Å². The molecule has 1 fully saturated rings. The molecule has 0 bridgehead atoms. The van der Waals surface area contributed by atoms with Gasteiger partial charge < -0.3 is 9.88 Å². The minimum Gasteiger partial charge on any atom is -0.347 e. The summed E-state index contributed by atoms with van der Waals surface area (Å²) in [6.07, 6.45) is 2.83. The Morgan fingerprint density at radius 3 is 2.88 bits per heavy atom. The highest BCUT2D eigenvalue weighted by molar-refractivity contribution is 7.87. The Morgan fingerprint density at radius 1 is 1.62 bits per heavy atom. The average Bonchev–Trinajstić information content (AvgIpc) is 2.76. The van der Waals surface area contributed by atoms with E-state index in [1.807, 2.05) is 0 Å². The number of H-pyrrole nitrogens is 1. The molecule has 1 amide bonds. The number of imidazole rings is 1. The Kier molecular flexibility index (Phi) is 2.66. The largest absolute Gasteiger partial charge is 0.347 e. The van der Waals surface area contributed by atoms with Crippen LogP contribution in [0, 0.1) is 0 Å². The van der Waals surface area contributed by atoms with Crippen molar-refractivity contribution in [3.8, 4) is 0 Å². The number of hydrogen-bond acceptors (Lipinski definition) is 4. The van der Waals surface area contributed by atoms with E-state index in [1.165, 1.54) is 11.1 Å². The van der Waals surface area contributed by atoms with Crippen LogP contribution < -0.4 is 0 Å². The highest BCUT2D eigenvalue weighted by Crippen LogP contribution is 2.20. The van der Waals surface area contributed by atoms with Gasteiger partial charge in [-0.15, -0.1) is 3.89 Å². The molecule has 16 heavy (non-hydrogen) atoms. The molecule has 8 heteroatoms. The van der Waals surface area contributed by atoms with Gasteiger partial charge in [-0.3, -0.25) is 4.79 Å². The third-order valence-electron chi connectivity index (χ3n) is 2.47. The lowest BCUT2D eigenvalue weighted by Gasteiger charge is -2.13. The van der Waals surface area contributed by atoms with E-state index in [-0.39, 0.29) is 25.4 Å². The fourth-order valence-electron chi connectivity index (χ4n) is 1.64. The lowest BCUT2D eigenvalue weighted by Crippen LogP contribution is -2.27. The number of aromatic amines is 1. The van der Waals surface area contributed by atoms with Gasteiger partial charge in [-0.2, -0.15) is 8.42 Å². The van der Waals surface area contributed by atoms with E-state index in [0.29, 0.717) is 5.82 Å². The molecule has 0 radical (unpaired) electrons. The van der Waals surface area contributed by atoms with Crippen molar-refractivity contribution in [1.29, 1.82) is 0 Å². The maximum atomic E-state index is 12.7. The van der Waals surface area contributed by atoms with Crippen molar-refractivity contribution in [3.63, 3.8) is 0 Å². The molecule has 1 aromatic rings. The fourth-order valence-corrected chi connectivity index (χ4v) is 2.34. The smallest absolute Gasteiger partial charge is 0.307 e. The molecule has 0 spiro atoms. The summed E-state index contributed by atoms with van der Waals surface area (Å²) in [5.74, 6) is 0.174. The number of nitrogens with zero attached hydrogens (tertiary/aromatic N) is 2. The summed E-state index contributed by atoms with van der Waals surface area (Å²) in [6, 6.07) is 0. The first-order valence-corrected chi connectivity index (χ1v) is 6.11. The molecule has 0 aromatic carbocycles. The zero-order chi connectivity index (χ0) is 11.8. The van der Waals surface area contributed by atoms with Gasteiger partial charge in [0.05, 0.1) is 6.54 Å². The molecule has 1 atom stereocenters. The fraction of sp³-hybridized carbons (Fsp3) is 0.500. The first-order valence-electron chi connectivity index (χ1n) is 4.66. The number of likely N-dealkylation sites (tertiary alicyclic amines) is 1. The van der Waals surface area contributed by atoms with E-state index >= 15 is 0 Å². The van der Waals surface area contributed by atoms with Crippen LogP contribution in [0.25, 0.3) is 0 Å². The Bertz CT molecular complexity index is 485. The maximum Gasteiger partial charge on any atom is 0.307 e. The molecular weight excluding hydrogens is 237 g/mol. The van der Waals surface area contributed by atoms with Crippen molar-refractivity contribution in [3.05, 3.63) is 18.2 Å². The van der Waals surface area contributed by atoms with Gasteiger partial charge in [-0.25, -0.2) is 4.98 Å². The highest BCUT2D eigenvalue weighted by Gasteiger charge is 2.38. The van der Waals surface area contributed by atoms with E-state index in [9.17, 15) is 17.1 Å². The van der Waals surface area contributed by atoms with E-state index < -0.39 is 15.5 Å². The second kappa shape index (κ2) is 3.85. The zero-order valence-electron chi connectivity index (χ0n) is 8.26. The molecule has 1 saturated heterocycles. The zero-order valence-corrected chi connectivity index (χ0v) is 9.08. The summed E-state index contributed by atoms with van der Waals surface area (Å²) in [4.78, 5) is 19.4. The number of nitrogens with one attached hydrogen (secondary N) is 1. The number of carbonyl (C=O) groups is 1. The van der Waals surface area contributed by atoms with Crippen molar-refractivity contribution >= 4 is 16.1 Å². The second-order valence-corrected chi connectivity index (χ2v) is 5.23. The Morgan fingerprint density at radius 2 is 2.38 bits per heavy atom. The normalized spacial score (nSPS) is 21.7. The molecule has 2 heterocycles. The van der Waals surface area contributed by atoms with Crippen LogP contribution in [0.4, 0.5) is 3.89 Å². The van der Waals surface area contributed by atoms with Crippen LogP contribution in [-0.2, 0) is 21.6 Å². The molecule has 6 nitrogen and oxygen atoms in total. The lowest BCUT2D eigenvalue weighted by atomic mass is 10.4. The van der Waals surface area contributed by atoms with Gasteiger partial charge in [0.15, 0.2) is 0 Å². The Hall–Kier alpha value is -1.44. The van der Waals surface area contributed by atoms with E-state index in [1.54, 1.807) is 6.20 Å². The molecule has 0 aliphatic carbocycles. The number of rotatable bonds is 3. The third-order valence-corrected chi connectivity index (χ3v) is 3.58. The predicted molar refractivity (Wildman–Crippen MR) is 52.4 cm³/mol. The lowest BCUT2D eigenvalue weighted by molar-refractivity contribution is -0.128. The highest BCUT2D eigenvalue weighted by atomic mass is 32.3. The third kappa shape index (κ3) is 2.21. The maximum absolute atomic E-state index is 12.7. The summed E-state index contributed by atoms with van der Waals surface area (Å²) in [7, 11) is -4.64. The number of halogens is 1. The van der Waals surface area contributed by atoms with E-state index in [4.69, 9.17) is 0 Å². The van der Waals surface area contributed by atoms with Crippen molar-refractivity contribution in [2.75, 3.05) is 6.54 Å². The molecule has 1 aromatic heterocycles. The monoisotopic (exact) mass is 247 g/mol. The first-order chi connectivity index (χ1) is 7.47. The van der Waals surface area contributed by atoms with Crippen LogP contribution in [0.1, 0.15) is 12.2 Å². The molecule has 2 rings (SSSR count). The molecule has 1 aliphatic rings.